The molecule has 9 nitrogen and oxygen atoms in total. The second-order valence-corrected chi connectivity index (χ2v) is 11.4. The van der Waals surface area contributed by atoms with Gasteiger partial charge in [0.15, 0.2) is 0 Å². The van der Waals surface area contributed by atoms with E-state index in [0.29, 0.717) is 12.2 Å². The van der Waals surface area contributed by atoms with Crippen molar-refractivity contribution in [1.82, 2.24) is 15.5 Å². The number of carbonyl (C=O) groups excluding carboxylic acids is 3. The van der Waals surface area contributed by atoms with Crippen LogP contribution in [0.3, 0.4) is 0 Å². The van der Waals surface area contributed by atoms with Crippen molar-refractivity contribution in [2.75, 3.05) is 12.0 Å². The van der Waals surface area contributed by atoms with Crippen molar-refractivity contribution in [3.8, 4) is 0 Å². The van der Waals surface area contributed by atoms with E-state index in [-0.39, 0.29) is 25.3 Å². The zero-order chi connectivity index (χ0) is 27.0. The number of fused-ring (bicyclic) bond motifs is 1. The maximum absolute atomic E-state index is 13.8. The molecule has 1 heterocycles. The summed E-state index contributed by atoms with van der Waals surface area (Å²) < 4.78 is 5.37. The molecule has 2 unspecified atom stereocenters. The molecule has 0 aliphatic carbocycles. The van der Waals surface area contributed by atoms with Crippen LogP contribution in [0.1, 0.15) is 58.6 Å². The van der Waals surface area contributed by atoms with Crippen molar-refractivity contribution in [1.29, 1.82) is 0 Å². The second kappa shape index (κ2) is 13.0. The van der Waals surface area contributed by atoms with Crippen LogP contribution in [-0.4, -0.2) is 69.6 Å². The van der Waals surface area contributed by atoms with E-state index in [0.717, 1.165) is 11.1 Å². The van der Waals surface area contributed by atoms with Crippen LogP contribution in [0.2, 0.25) is 0 Å². The predicted molar refractivity (Wildman–Crippen MR) is 140 cm³/mol. The molecule has 1 aliphatic heterocycles. The van der Waals surface area contributed by atoms with Gasteiger partial charge in [0, 0.05) is 13.0 Å². The monoisotopic (exact) mass is 521 g/mol. The molecule has 0 bridgehead atoms. The summed E-state index contributed by atoms with van der Waals surface area (Å²) in [6.07, 6.45) is 2.05. The van der Waals surface area contributed by atoms with Gasteiger partial charge in [-0.1, -0.05) is 38.1 Å². The normalized spacial score (nSPS) is 17.1. The lowest BCUT2D eigenvalue weighted by Crippen LogP contribution is -2.59. The zero-order valence-corrected chi connectivity index (χ0v) is 22.8. The van der Waals surface area contributed by atoms with Gasteiger partial charge in [0.25, 0.3) is 0 Å². The van der Waals surface area contributed by atoms with Gasteiger partial charge in [-0.25, -0.2) is 9.59 Å². The third kappa shape index (κ3) is 8.72. The molecule has 1 aliphatic rings. The van der Waals surface area contributed by atoms with E-state index in [1.165, 1.54) is 16.7 Å². The largest absolute Gasteiger partial charge is 0.480 e. The highest BCUT2D eigenvalue weighted by Gasteiger charge is 2.39. The molecular weight excluding hydrogens is 482 g/mol. The number of amides is 3. The number of benzene rings is 1. The Morgan fingerprint density at radius 2 is 1.75 bits per heavy atom. The SMILES string of the molecule is CSCCC(NC(=O)C1Cc2ccccc2CN1C(=O)[C@H](CC(C)C)NC(=O)OC(C)(C)C)C(=O)O. The number of ether oxygens (including phenoxy) is 1. The number of rotatable bonds is 10. The van der Waals surface area contributed by atoms with Crippen LogP contribution in [0.4, 0.5) is 4.79 Å². The topological polar surface area (TPSA) is 125 Å². The first-order chi connectivity index (χ1) is 16.8. The molecule has 0 saturated carbocycles. The van der Waals surface area contributed by atoms with Crippen molar-refractivity contribution in [2.24, 2.45) is 5.92 Å². The van der Waals surface area contributed by atoms with Gasteiger partial charge < -0.3 is 25.4 Å². The standard InChI is InChI=1S/C26H39N3O6S/c1-16(2)13-20(28-25(34)35-26(3,4)5)23(31)29-15-18-10-8-7-9-17(18)14-21(29)22(30)27-19(24(32)33)11-12-36-6/h7-10,16,19-21H,11-15H2,1-6H3,(H,27,30)(H,28,34)(H,32,33)/t19?,20-,21?/m0/s1. The molecule has 3 N–H and O–H groups in total. The fourth-order valence-electron chi connectivity index (χ4n) is 4.09. The summed E-state index contributed by atoms with van der Waals surface area (Å²) in [5.41, 5.74) is 1.11. The minimum absolute atomic E-state index is 0.0844. The van der Waals surface area contributed by atoms with Crippen LogP contribution < -0.4 is 10.6 Å². The Labute approximate surface area is 217 Å². The van der Waals surface area contributed by atoms with Gasteiger partial charge in [-0.05, 0) is 62.7 Å². The average molecular weight is 522 g/mol. The molecule has 36 heavy (non-hydrogen) atoms. The summed E-state index contributed by atoms with van der Waals surface area (Å²) in [5, 5.41) is 14.9. The predicted octanol–water partition coefficient (Wildman–Crippen LogP) is 3.20. The molecule has 2 rings (SSSR count). The molecule has 0 fully saturated rings. The molecule has 0 radical (unpaired) electrons. The third-order valence-electron chi connectivity index (χ3n) is 5.76. The number of thioether (sulfide) groups is 1. The molecular formula is C26H39N3O6S. The van der Waals surface area contributed by atoms with E-state index in [9.17, 15) is 24.3 Å². The Kier molecular flexibility index (Phi) is 10.6. The third-order valence-corrected chi connectivity index (χ3v) is 6.40. The van der Waals surface area contributed by atoms with Crippen molar-refractivity contribution < 1.29 is 29.0 Å². The maximum atomic E-state index is 13.8. The highest BCUT2D eigenvalue weighted by atomic mass is 32.2. The Bertz CT molecular complexity index is 946. The molecule has 1 aromatic rings. The van der Waals surface area contributed by atoms with E-state index in [2.05, 4.69) is 10.6 Å². The highest BCUT2D eigenvalue weighted by Crippen LogP contribution is 2.25. The summed E-state index contributed by atoms with van der Waals surface area (Å²) in [6.45, 7) is 9.28. The quantitative estimate of drug-likeness (QED) is 0.432. The van der Waals surface area contributed by atoms with Crippen molar-refractivity contribution >= 4 is 35.6 Å². The first-order valence-electron chi connectivity index (χ1n) is 12.2. The minimum atomic E-state index is -1.12. The number of hydrogen-bond acceptors (Lipinski definition) is 6. The Morgan fingerprint density at radius 1 is 1.11 bits per heavy atom. The number of nitrogens with zero attached hydrogens (tertiary/aromatic N) is 1. The fraction of sp³-hybridized carbons (Fsp3) is 0.615. The number of alkyl carbamates (subject to hydrolysis) is 1. The molecule has 0 saturated heterocycles. The lowest BCUT2D eigenvalue weighted by molar-refractivity contribution is -0.146. The Hall–Kier alpha value is -2.75. The smallest absolute Gasteiger partial charge is 0.408 e. The number of hydrogen-bond donors (Lipinski definition) is 3. The van der Waals surface area contributed by atoms with Crippen LogP contribution in [0.25, 0.3) is 0 Å². The molecule has 3 amide bonds. The summed E-state index contributed by atoms with van der Waals surface area (Å²) >= 11 is 1.49. The number of nitrogens with one attached hydrogen (secondary N) is 2. The van der Waals surface area contributed by atoms with Gasteiger partial charge in [0.2, 0.25) is 11.8 Å². The molecule has 0 spiro atoms. The van der Waals surface area contributed by atoms with Crippen LogP contribution in [0, 0.1) is 5.92 Å². The molecule has 0 aromatic heterocycles. The number of carboxylic acid groups (broad SMARTS) is 1. The van der Waals surface area contributed by atoms with Gasteiger partial charge in [0.1, 0.15) is 23.7 Å². The highest BCUT2D eigenvalue weighted by molar-refractivity contribution is 7.98. The van der Waals surface area contributed by atoms with Crippen molar-refractivity contribution in [3.63, 3.8) is 0 Å². The van der Waals surface area contributed by atoms with Crippen molar-refractivity contribution in [2.45, 2.75) is 84.2 Å². The van der Waals surface area contributed by atoms with Crippen LogP contribution in [0.5, 0.6) is 0 Å². The van der Waals surface area contributed by atoms with Crippen LogP contribution in [0.15, 0.2) is 24.3 Å². The Morgan fingerprint density at radius 3 is 2.31 bits per heavy atom. The van der Waals surface area contributed by atoms with Gasteiger partial charge in [0.05, 0.1) is 0 Å². The van der Waals surface area contributed by atoms with Gasteiger partial charge in [-0.2, -0.15) is 11.8 Å². The van der Waals surface area contributed by atoms with Crippen LogP contribution >= 0.6 is 11.8 Å². The maximum Gasteiger partial charge on any atom is 0.408 e. The average Bonchev–Trinajstić information content (AvgIpc) is 2.78. The van der Waals surface area contributed by atoms with E-state index >= 15 is 0 Å². The summed E-state index contributed by atoms with van der Waals surface area (Å²) in [6, 6.07) is 4.70. The van der Waals surface area contributed by atoms with Gasteiger partial charge in [-0.15, -0.1) is 0 Å². The molecule has 10 heteroatoms. The fourth-order valence-corrected chi connectivity index (χ4v) is 4.56. The molecule has 3 atom stereocenters. The Balaban J connectivity index is 2.34. The van der Waals surface area contributed by atoms with Crippen LogP contribution in [-0.2, 0) is 32.1 Å². The first kappa shape index (κ1) is 29.5. The summed E-state index contributed by atoms with van der Waals surface area (Å²) in [7, 11) is 0. The van der Waals surface area contributed by atoms with E-state index in [4.69, 9.17) is 4.74 Å². The number of aliphatic carboxylic acids is 1. The van der Waals surface area contributed by atoms with Gasteiger partial charge in [-0.3, -0.25) is 9.59 Å². The number of carbonyl (C=O) groups is 4. The lowest BCUT2D eigenvalue weighted by atomic mass is 9.91. The summed E-state index contributed by atoms with van der Waals surface area (Å²) in [5.74, 6) is -1.38. The lowest BCUT2D eigenvalue weighted by Gasteiger charge is -2.38. The zero-order valence-electron chi connectivity index (χ0n) is 22.0. The second-order valence-electron chi connectivity index (χ2n) is 10.5. The van der Waals surface area contributed by atoms with E-state index in [1.807, 2.05) is 44.4 Å². The van der Waals surface area contributed by atoms with E-state index in [1.54, 1.807) is 20.8 Å². The molecule has 200 valence electrons. The first-order valence-corrected chi connectivity index (χ1v) is 13.6. The summed E-state index contributed by atoms with van der Waals surface area (Å²) in [4.78, 5) is 52.9. The molecule has 1 aromatic carbocycles. The number of carboxylic acids is 1. The van der Waals surface area contributed by atoms with Crippen molar-refractivity contribution in [3.05, 3.63) is 35.4 Å². The van der Waals surface area contributed by atoms with E-state index < -0.39 is 47.6 Å². The minimum Gasteiger partial charge on any atom is -0.480 e. The van der Waals surface area contributed by atoms with Gasteiger partial charge >= 0.3 is 12.1 Å².